The highest BCUT2D eigenvalue weighted by Crippen LogP contribution is 2.47. The van der Waals surface area contributed by atoms with Crippen LogP contribution in [-0.2, 0) is 5.54 Å². The topological polar surface area (TPSA) is 17.8 Å². The molecule has 0 radical (unpaired) electrons. The minimum Gasteiger partial charge on any atom is -0.243 e. The lowest BCUT2D eigenvalue weighted by molar-refractivity contribution is 0.466. The Kier molecular flexibility index (Phi) is 6.53. The van der Waals surface area contributed by atoms with Crippen LogP contribution in [0.2, 0.25) is 0 Å². The molecule has 3 heteroatoms. The molecule has 0 unspecified atom stereocenters. The molecule has 2 nitrogen and oxygen atoms in total. The van der Waals surface area contributed by atoms with Gasteiger partial charge in [0, 0.05) is 11.1 Å². The van der Waals surface area contributed by atoms with E-state index >= 15 is 0 Å². The third-order valence-corrected chi connectivity index (χ3v) is 7.92. The summed E-state index contributed by atoms with van der Waals surface area (Å²) in [4.78, 5) is 0. The molecule has 0 N–H and O–H groups in total. The quantitative estimate of drug-likeness (QED) is 0.188. The Hall–Kier alpha value is -4.21. The van der Waals surface area contributed by atoms with Gasteiger partial charge >= 0.3 is 0 Å². The summed E-state index contributed by atoms with van der Waals surface area (Å²) in [6, 6.07) is 51.1. The van der Waals surface area contributed by atoms with Gasteiger partial charge in [0.1, 0.15) is 11.2 Å². The smallest absolute Gasteiger partial charge is 0.138 e. The van der Waals surface area contributed by atoms with Gasteiger partial charge in [-0.25, -0.2) is 4.68 Å². The minimum absolute atomic E-state index is 0.725. The number of nitrogens with zero attached hydrogens (tertiary/aromatic N) is 2. The van der Waals surface area contributed by atoms with Crippen molar-refractivity contribution in [2.24, 2.45) is 0 Å². The lowest BCUT2D eigenvalue weighted by Gasteiger charge is -2.38. The first-order chi connectivity index (χ1) is 18.7. The predicted octanol–water partition coefficient (Wildman–Crippen LogP) is 9.13. The van der Waals surface area contributed by atoms with Gasteiger partial charge in [0.05, 0.1) is 10.2 Å². The Morgan fingerprint density at radius 1 is 0.553 bits per heavy atom. The second kappa shape index (κ2) is 10.3. The number of rotatable bonds is 6. The first kappa shape index (κ1) is 24.1. The van der Waals surface area contributed by atoms with Crippen LogP contribution in [0.1, 0.15) is 22.3 Å². The summed E-state index contributed by atoms with van der Waals surface area (Å²) in [6.07, 6.45) is 0. The van der Waals surface area contributed by atoms with Crippen molar-refractivity contribution in [1.29, 1.82) is 0 Å². The molecule has 184 valence electrons. The summed E-state index contributed by atoms with van der Waals surface area (Å²) < 4.78 is 3.21. The van der Waals surface area contributed by atoms with Crippen molar-refractivity contribution < 1.29 is 0 Å². The van der Waals surface area contributed by atoms with Crippen LogP contribution in [0.3, 0.4) is 0 Å². The van der Waals surface area contributed by atoms with Gasteiger partial charge in [-0.2, -0.15) is 5.10 Å². The monoisotopic (exact) mass is 554 g/mol. The number of hydrogen-bond donors (Lipinski definition) is 0. The molecule has 0 amide bonds. The van der Waals surface area contributed by atoms with Gasteiger partial charge in [0.2, 0.25) is 0 Å². The fourth-order valence-corrected chi connectivity index (χ4v) is 6.09. The Labute approximate surface area is 232 Å². The Morgan fingerprint density at radius 3 is 1.45 bits per heavy atom. The Morgan fingerprint density at radius 2 is 0.974 bits per heavy atom. The van der Waals surface area contributed by atoms with Crippen LogP contribution in [0.15, 0.2) is 150 Å². The third-order valence-electron chi connectivity index (χ3n) is 7.17. The van der Waals surface area contributed by atoms with Crippen molar-refractivity contribution in [2.45, 2.75) is 12.5 Å². The maximum atomic E-state index is 5.47. The van der Waals surface area contributed by atoms with Crippen molar-refractivity contribution in [2.75, 3.05) is 0 Å². The van der Waals surface area contributed by atoms with Crippen LogP contribution in [0, 0.1) is 6.92 Å². The molecule has 0 aliphatic heterocycles. The van der Waals surface area contributed by atoms with E-state index in [4.69, 9.17) is 5.10 Å². The van der Waals surface area contributed by atoms with E-state index in [0.717, 1.165) is 43.7 Å². The lowest BCUT2D eigenvalue weighted by atomic mass is 9.76. The molecule has 0 atom stereocenters. The molecule has 0 bridgehead atoms. The van der Waals surface area contributed by atoms with Crippen LogP contribution < -0.4 is 0 Å². The maximum Gasteiger partial charge on any atom is 0.138 e. The molecule has 0 aliphatic rings. The molecule has 5 aromatic carbocycles. The van der Waals surface area contributed by atoms with E-state index in [1.165, 1.54) is 5.56 Å². The molecule has 1 heterocycles. The van der Waals surface area contributed by atoms with Crippen LogP contribution in [0.4, 0.5) is 0 Å². The zero-order chi connectivity index (χ0) is 26.0. The van der Waals surface area contributed by atoms with E-state index in [1.54, 1.807) is 0 Å². The van der Waals surface area contributed by atoms with Gasteiger partial charge < -0.3 is 0 Å². The van der Waals surface area contributed by atoms with E-state index in [2.05, 4.69) is 167 Å². The molecule has 0 saturated carbocycles. The van der Waals surface area contributed by atoms with E-state index in [-0.39, 0.29) is 0 Å². The van der Waals surface area contributed by atoms with E-state index < -0.39 is 5.54 Å². The highest BCUT2D eigenvalue weighted by molar-refractivity contribution is 9.10. The molecule has 0 saturated heterocycles. The van der Waals surface area contributed by atoms with Crippen molar-refractivity contribution >= 4 is 15.9 Å². The third kappa shape index (κ3) is 4.00. The fraction of sp³-hybridized carbons (Fsp3) is 0.0571. The molecule has 0 fully saturated rings. The van der Waals surface area contributed by atoms with Crippen LogP contribution in [-0.4, -0.2) is 9.78 Å². The van der Waals surface area contributed by atoms with Crippen molar-refractivity contribution in [3.8, 4) is 22.5 Å². The highest BCUT2D eigenvalue weighted by Gasteiger charge is 2.42. The number of aryl methyl sites for hydroxylation is 1. The van der Waals surface area contributed by atoms with Gasteiger partial charge in [-0.15, -0.1) is 0 Å². The van der Waals surface area contributed by atoms with Crippen molar-refractivity contribution in [3.05, 3.63) is 172 Å². The molecule has 38 heavy (non-hydrogen) atoms. The summed E-state index contributed by atoms with van der Waals surface area (Å²) >= 11 is 4.04. The largest absolute Gasteiger partial charge is 0.243 e. The van der Waals surface area contributed by atoms with E-state index in [0.29, 0.717) is 0 Å². The normalized spacial score (nSPS) is 11.4. The molecule has 1 aromatic heterocycles. The first-order valence-electron chi connectivity index (χ1n) is 12.8. The van der Waals surface area contributed by atoms with Crippen LogP contribution in [0.25, 0.3) is 22.5 Å². The second-order valence-corrected chi connectivity index (χ2v) is 10.2. The molecule has 0 aliphatic carbocycles. The van der Waals surface area contributed by atoms with Crippen molar-refractivity contribution in [1.82, 2.24) is 9.78 Å². The summed E-state index contributed by atoms with van der Waals surface area (Å²) in [5.74, 6) is 0. The van der Waals surface area contributed by atoms with Gasteiger partial charge in [0.25, 0.3) is 0 Å². The number of aromatic nitrogens is 2. The number of benzene rings is 5. The summed E-state index contributed by atoms with van der Waals surface area (Å²) in [5.41, 5.74) is 8.05. The predicted molar refractivity (Wildman–Crippen MR) is 160 cm³/mol. The van der Waals surface area contributed by atoms with Crippen LogP contribution in [0.5, 0.6) is 0 Å². The Bertz CT molecular complexity index is 1560. The molecular formula is C35H27BrN2. The zero-order valence-electron chi connectivity index (χ0n) is 21.1. The van der Waals surface area contributed by atoms with E-state index in [1.807, 2.05) is 6.07 Å². The van der Waals surface area contributed by atoms with Gasteiger partial charge in [0.15, 0.2) is 0 Å². The SMILES string of the molecule is Cc1ccccc1-c1c(Br)c(-c2ccccc2)nn1C(c1ccccc1)(c1ccccc1)c1ccccc1. The minimum atomic E-state index is -0.725. The Balaban J connectivity index is 1.82. The maximum absolute atomic E-state index is 5.47. The standard InChI is InChI=1S/C35H27BrN2/c1-26-16-14-15-25-31(26)34-32(36)33(27-17-6-2-7-18-27)37-38(34)35(28-19-8-3-9-20-28,29-21-10-4-11-22-29)30-23-12-5-13-24-30/h2-25H,1H3. The molecular weight excluding hydrogens is 528 g/mol. The lowest BCUT2D eigenvalue weighted by Crippen LogP contribution is -2.39. The fourth-order valence-electron chi connectivity index (χ4n) is 5.40. The number of hydrogen-bond acceptors (Lipinski definition) is 1. The highest BCUT2D eigenvalue weighted by atomic mass is 79.9. The summed E-state index contributed by atoms with van der Waals surface area (Å²) in [6.45, 7) is 2.16. The second-order valence-electron chi connectivity index (χ2n) is 9.41. The van der Waals surface area contributed by atoms with Crippen molar-refractivity contribution in [3.63, 3.8) is 0 Å². The number of halogens is 1. The summed E-state index contributed by atoms with van der Waals surface area (Å²) in [5, 5.41) is 5.47. The average Bonchev–Trinajstić information content (AvgIpc) is 3.33. The van der Waals surface area contributed by atoms with E-state index in [9.17, 15) is 0 Å². The van der Waals surface area contributed by atoms with Gasteiger partial charge in [-0.3, -0.25) is 0 Å². The molecule has 0 spiro atoms. The zero-order valence-corrected chi connectivity index (χ0v) is 22.7. The molecule has 6 aromatic rings. The van der Waals surface area contributed by atoms with Crippen LogP contribution >= 0.6 is 15.9 Å². The van der Waals surface area contributed by atoms with Gasteiger partial charge in [-0.05, 0) is 45.1 Å². The van der Waals surface area contributed by atoms with Gasteiger partial charge in [-0.1, -0.05) is 146 Å². The summed E-state index contributed by atoms with van der Waals surface area (Å²) in [7, 11) is 0. The average molecular weight is 556 g/mol. The molecule has 6 rings (SSSR count). The first-order valence-corrected chi connectivity index (χ1v) is 13.6.